The van der Waals surface area contributed by atoms with E-state index in [1.165, 1.54) is 32.1 Å². The molecule has 0 aromatic heterocycles. The molecule has 0 bridgehead atoms. The average molecular weight is 499 g/mol. The van der Waals surface area contributed by atoms with Gasteiger partial charge in [0.2, 0.25) is 23.6 Å². The highest BCUT2D eigenvalue weighted by molar-refractivity contribution is 5.88. The van der Waals surface area contributed by atoms with E-state index >= 15 is 0 Å². The second-order valence-electron chi connectivity index (χ2n) is 9.50. The van der Waals surface area contributed by atoms with Crippen molar-refractivity contribution in [1.29, 1.82) is 0 Å². The quantitative estimate of drug-likeness (QED) is 0.134. The summed E-state index contributed by atoms with van der Waals surface area (Å²) >= 11 is 0. The van der Waals surface area contributed by atoms with E-state index in [0.717, 1.165) is 19.3 Å². The normalized spacial score (nSPS) is 13.5. The van der Waals surface area contributed by atoms with Crippen molar-refractivity contribution in [3.63, 3.8) is 0 Å². The Hall–Kier alpha value is -2.65. The number of carboxylic acids is 1. The molecule has 202 valence electrons. The first-order chi connectivity index (χ1) is 16.5. The lowest BCUT2D eigenvalue weighted by Crippen LogP contribution is -2.56. The van der Waals surface area contributed by atoms with Gasteiger partial charge >= 0.3 is 5.97 Å². The van der Waals surface area contributed by atoms with Crippen LogP contribution in [0.5, 0.6) is 0 Å². The molecule has 10 nitrogen and oxygen atoms in total. The van der Waals surface area contributed by atoms with Crippen LogP contribution in [0.15, 0.2) is 0 Å². The monoisotopic (exact) mass is 498 g/mol. The number of aliphatic carboxylic acids is 1. The van der Waals surface area contributed by atoms with Crippen molar-refractivity contribution >= 4 is 29.6 Å². The predicted molar refractivity (Wildman–Crippen MR) is 134 cm³/mol. The second kappa shape index (κ2) is 18.6. The maximum atomic E-state index is 12.7. The Bertz CT molecular complexity index is 685. The second-order valence-corrected chi connectivity index (χ2v) is 9.50. The molecule has 0 rings (SSSR count). The summed E-state index contributed by atoms with van der Waals surface area (Å²) in [5.41, 5.74) is 14.1. The minimum atomic E-state index is -1.77. The summed E-state index contributed by atoms with van der Waals surface area (Å²) in [6, 6.07) is 0. The number of nitrogens with one attached hydrogen (secondary N) is 1. The molecule has 35 heavy (non-hydrogen) atoms. The molecule has 0 aliphatic heterocycles. The summed E-state index contributed by atoms with van der Waals surface area (Å²) in [6.45, 7) is 2.18. The number of carboxylic acid groups (broad SMARTS) is 1. The lowest BCUT2D eigenvalue weighted by Gasteiger charge is -2.33. The van der Waals surface area contributed by atoms with E-state index in [2.05, 4.69) is 12.2 Å². The third-order valence-corrected chi connectivity index (χ3v) is 6.30. The highest BCUT2D eigenvalue weighted by Crippen LogP contribution is 2.28. The molecule has 0 saturated heterocycles. The van der Waals surface area contributed by atoms with E-state index in [0.29, 0.717) is 6.42 Å². The number of primary amides is 3. The van der Waals surface area contributed by atoms with Crippen molar-refractivity contribution in [1.82, 2.24) is 5.32 Å². The molecule has 0 aromatic rings. The lowest BCUT2D eigenvalue weighted by atomic mass is 9.80. The standard InChI is InChI=1S/C25H46N4O6/c1-2-3-4-5-6-7-8-9-10-16-22(32)29-25(24(34)35,17-12-15-21(27)31)18-19(23(28)33)13-11-14-20(26)30/h19H,2-18H2,1H3,(H2,26,30)(H2,27,31)(H2,28,33)(H,29,32)(H,34,35)/t19?,25-/m0/s1. The van der Waals surface area contributed by atoms with Gasteiger partial charge in [-0.25, -0.2) is 4.79 Å². The molecule has 2 atom stereocenters. The zero-order chi connectivity index (χ0) is 26.7. The minimum absolute atomic E-state index is 0.0382. The molecule has 0 aliphatic rings. The van der Waals surface area contributed by atoms with Gasteiger partial charge in [-0.1, -0.05) is 58.3 Å². The first kappa shape index (κ1) is 32.4. The number of hydrogen-bond acceptors (Lipinski definition) is 5. The van der Waals surface area contributed by atoms with Crippen molar-refractivity contribution in [2.75, 3.05) is 0 Å². The summed E-state index contributed by atoms with van der Waals surface area (Å²) < 4.78 is 0. The van der Waals surface area contributed by atoms with Crippen LogP contribution in [0.1, 0.15) is 116 Å². The van der Waals surface area contributed by atoms with Crippen LogP contribution in [0, 0.1) is 5.92 Å². The summed E-state index contributed by atoms with van der Waals surface area (Å²) in [5, 5.41) is 12.7. The largest absolute Gasteiger partial charge is 0.480 e. The summed E-state index contributed by atoms with van der Waals surface area (Å²) in [7, 11) is 0. The van der Waals surface area contributed by atoms with Crippen LogP contribution in [-0.4, -0.2) is 40.2 Å². The molecule has 0 saturated carbocycles. The van der Waals surface area contributed by atoms with Crippen LogP contribution in [0.2, 0.25) is 0 Å². The Morgan fingerprint density at radius 3 is 1.74 bits per heavy atom. The van der Waals surface area contributed by atoms with Gasteiger partial charge in [-0.05, 0) is 38.5 Å². The average Bonchev–Trinajstić information content (AvgIpc) is 2.76. The van der Waals surface area contributed by atoms with Crippen molar-refractivity contribution in [2.24, 2.45) is 23.1 Å². The van der Waals surface area contributed by atoms with E-state index in [1.54, 1.807) is 0 Å². The topological polar surface area (TPSA) is 196 Å². The van der Waals surface area contributed by atoms with Gasteiger partial charge in [0.15, 0.2) is 0 Å². The van der Waals surface area contributed by atoms with Gasteiger partial charge in [0.25, 0.3) is 0 Å². The minimum Gasteiger partial charge on any atom is -0.480 e. The zero-order valence-corrected chi connectivity index (χ0v) is 21.3. The predicted octanol–water partition coefficient (Wildman–Crippen LogP) is 2.65. The third kappa shape index (κ3) is 15.8. The van der Waals surface area contributed by atoms with Gasteiger partial charge in [0.05, 0.1) is 0 Å². The van der Waals surface area contributed by atoms with Gasteiger partial charge in [-0.3, -0.25) is 19.2 Å². The molecule has 10 heteroatoms. The fourth-order valence-electron chi connectivity index (χ4n) is 4.24. The van der Waals surface area contributed by atoms with Crippen LogP contribution in [0.25, 0.3) is 0 Å². The summed E-state index contributed by atoms with van der Waals surface area (Å²) in [5.74, 6) is -4.44. The van der Waals surface area contributed by atoms with Crippen LogP contribution in [0.4, 0.5) is 0 Å². The highest BCUT2D eigenvalue weighted by Gasteiger charge is 2.42. The van der Waals surface area contributed by atoms with Gasteiger partial charge in [-0.15, -0.1) is 0 Å². The molecular formula is C25H46N4O6. The molecule has 1 unspecified atom stereocenters. The zero-order valence-electron chi connectivity index (χ0n) is 21.3. The van der Waals surface area contributed by atoms with Crippen molar-refractivity contribution in [3.8, 4) is 0 Å². The maximum absolute atomic E-state index is 12.7. The molecule has 0 heterocycles. The summed E-state index contributed by atoms with van der Waals surface area (Å²) in [6.07, 6.45) is 10.2. The van der Waals surface area contributed by atoms with Crippen molar-refractivity contribution in [3.05, 3.63) is 0 Å². The first-order valence-electron chi connectivity index (χ1n) is 12.9. The van der Waals surface area contributed by atoms with Gasteiger partial charge in [0.1, 0.15) is 5.54 Å². The number of carbonyl (C=O) groups excluding carboxylic acids is 4. The first-order valence-corrected chi connectivity index (χ1v) is 12.9. The van der Waals surface area contributed by atoms with Crippen LogP contribution < -0.4 is 22.5 Å². The fourth-order valence-corrected chi connectivity index (χ4v) is 4.24. The number of carbonyl (C=O) groups is 5. The fraction of sp³-hybridized carbons (Fsp3) is 0.800. The van der Waals surface area contributed by atoms with Crippen molar-refractivity contribution < 1.29 is 29.1 Å². The third-order valence-electron chi connectivity index (χ3n) is 6.30. The summed E-state index contributed by atoms with van der Waals surface area (Å²) in [4.78, 5) is 59.3. The Kier molecular flexibility index (Phi) is 17.2. The highest BCUT2D eigenvalue weighted by atomic mass is 16.4. The van der Waals surface area contributed by atoms with E-state index in [9.17, 15) is 29.1 Å². The maximum Gasteiger partial charge on any atom is 0.329 e. The molecule has 0 aliphatic carbocycles. The molecule has 8 N–H and O–H groups in total. The molecule has 0 radical (unpaired) electrons. The van der Waals surface area contributed by atoms with E-state index < -0.39 is 41.1 Å². The van der Waals surface area contributed by atoms with Crippen molar-refractivity contribution in [2.45, 2.75) is 122 Å². The lowest BCUT2D eigenvalue weighted by molar-refractivity contribution is -0.149. The number of amides is 4. The van der Waals surface area contributed by atoms with Crippen LogP contribution in [0.3, 0.4) is 0 Å². The van der Waals surface area contributed by atoms with Gasteiger partial charge in [0, 0.05) is 25.2 Å². The molecule has 0 fully saturated rings. The number of rotatable bonds is 23. The van der Waals surface area contributed by atoms with Crippen LogP contribution >= 0.6 is 0 Å². The number of hydrogen-bond donors (Lipinski definition) is 5. The van der Waals surface area contributed by atoms with Gasteiger partial charge < -0.3 is 27.6 Å². The Labute approximate surface area is 209 Å². The Morgan fingerprint density at radius 2 is 1.26 bits per heavy atom. The molecule has 0 spiro atoms. The van der Waals surface area contributed by atoms with Gasteiger partial charge in [-0.2, -0.15) is 0 Å². The molecule has 0 aromatic carbocycles. The smallest absolute Gasteiger partial charge is 0.329 e. The molecular weight excluding hydrogens is 452 g/mol. The van der Waals surface area contributed by atoms with E-state index in [4.69, 9.17) is 17.2 Å². The van der Waals surface area contributed by atoms with E-state index in [-0.39, 0.29) is 51.4 Å². The number of nitrogens with two attached hydrogens (primary N) is 3. The Morgan fingerprint density at radius 1 is 0.743 bits per heavy atom. The Balaban J connectivity index is 5.06. The SMILES string of the molecule is CCCCCCCCCCCC(=O)N[C@@](CCCC(N)=O)(CC(CCCC(N)=O)C(N)=O)C(=O)O. The van der Waals surface area contributed by atoms with E-state index in [1.807, 2.05) is 0 Å². The molecule has 4 amide bonds. The number of unbranched alkanes of at least 4 members (excludes halogenated alkanes) is 8. The van der Waals surface area contributed by atoms with Crippen LogP contribution in [-0.2, 0) is 24.0 Å².